The Bertz CT molecular complexity index is 506. The molecule has 2 unspecified atom stereocenters. The van der Waals surface area contributed by atoms with Gasteiger partial charge in [0.15, 0.2) is 5.89 Å². The second-order valence-corrected chi connectivity index (χ2v) is 7.01. The molecule has 0 radical (unpaired) electrons. The Morgan fingerprint density at radius 1 is 1.29 bits per heavy atom. The van der Waals surface area contributed by atoms with Crippen LogP contribution in [0.3, 0.4) is 0 Å². The zero-order valence-electron chi connectivity index (χ0n) is 13.9. The van der Waals surface area contributed by atoms with Crippen molar-refractivity contribution >= 4 is 5.91 Å². The van der Waals surface area contributed by atoms with E-state index >= 15 is 0 Å². The summed E-state index contributed by atoms with van der Waals surface area (Å²) in [6.07, 6.45) is 0.436. The van der Waals surface area contributed by atoms with Gasteiger partial charge >= 0.3 is 0 Å². The van der Waals surface area contributed by atoms with Crippen molar-refractivity contribution in [2.24, 2.45) is 0 Å². The van der Waals surface area contributed by atoms with Gasteiger partial charge in [-0.25, -0.2) is 4.98 Å². The number of morpholine rings is 1. The van der Waals surface area contributed by atoms with Crippen molar-refractivity contribution in [1.29, 1.82) is 0 Å². The molecule has 1 aromatic heterocycles. The lowest BCUT2D eigenvalue weighted by molar-refractivity contribution is -0.142. The zero-order valence-corrected chi connectivity index (χ0v) is 13.9. The Kier molecular flexibility index (Phi) is 4.42. The van der Waals surface area contributed by atoms with Gasteiger partial charge in [-0.05, 0) is 20.8 Å². The van der Waals surface area contributed by atoms with Crippen LogP contribution in [0, 0.1) is 6.92 Å². The molecule has 0 aromatic carbocycles. The minimum atomic E-state index is -0.145. The topological polar surface area (TPSA) is 55.6 Å². The van der Waals surface area contributed by atoms with Gasteiger partial charge in [0, 0.05) is 18.5 Å². The van der Waals surface area contributed by atoms with Crippen LogP contribution in [0.25, 0.3) is 0 Å². The highest BCUT2D eigenvalue weighted by Gasteiger charge is 2.28. The molecule has 0 spiro atoms. The maximum Gasteiger partial charge on any atom is 0.230 e. The molecule has 118 valence electrons. The van der Waals surface area contributed by atoms with Crippen molar-refractivity contribution in [1.82, 2.24) is 9.88 Å². The lowest BCUT2D eigenvalue weighted by Gasteiger charge is -2.35. The van der Waals surface area contributed by atoms with Gasteiger partial charge in [0.1, 0.15) is 5.76 Å². The van der Waals surface area contributed by atoms with Crippen LogP contribution >= 0.6 is 0 Å². The molecule has 2 rings (SSSR count). The first kappa shape index (κ1) is 16.0. The molecular formula is C16H26N2O3. The van der Waals surface area contributed by atoms with Gasteiger partial charge in [0.25, 0.3) is 0 Å². The molecule has 0 N–H and O–H groups in total. The predicted molar refractivity (Wildman–Crippen MR) is 80.2 cm³/mol. The summed E-state index contributed by atoms with van der Waals surface area (Å²) in [5.41, 5.74) is 0.663. The van der Waals surface area contributed by atoms with E-state index in [1.807, 2.05) is 25.7 Å². The number of amides is 1. The average molecular weight is 294 g/mol. The van der Waals surface area contributed by atoms with Crippen LogP contribution in [0.1, 0.15) is 52.0 Å². The minimum absolute atomic E-state index is 0.0803. The molecule has 5 nitrogen and oxygen atoms in total. The van der Waals surface area contributed by atoms with E-state index in [-0.39, 0.29) is 30.0 Å². The van der Waals surface area contributed by atoms with Crippen LogP contribution in [0.2, 0.25) is 0 Å². The van der Waals surface area contributed by atoms with E-state index in [4.69, 9.17) is 9.15 Å². The minimum Gasteiger partial charge on any atom is -0.444 e. The highest BCUT2D eigenvalue weighted by Crippen LogP contribution is 2.24. The summed E-state index contributed by atoms with van der Waals surface area (Å²) in [4.78, 5) is 18.8. The second-order valence-electron chi connectivity index (χ2n) is 7.01. The monoisotopic (exact) mass is 294 g/mol. The van der Waals surface area contributed by atoms with E-state index in [2.05, 4.69) is 25.8 Å². The van der Waals surface area contributed by atoms with Gasteiger partial charge in [-0.1, -0.05) is 20.8 Å². The summed E-state index contributed by atoms with van der Waals surface area (Å²) in [6, 6.07) is 0. The Hall–Kier alpha value is -1.36. The quantitative estimate of drug-likeness (QED) is 0.841. The Balaban J connectivity index is 2.07. The van der Waals surface area contributed by atoms with Crippen LogP contribution in [0.5, 0.6) is 0 Å². The fourth-order valence-electron chi connectivity index (χ4n) is 2.54. The Labute approximate surface area is 126 Å². The molecule has 1 fully saturated rings. The number of ether oxygens (including phenoxy) is 1. The van der Waals surface area contributed by atoms with E-state index < -0.39 is 0 Å². The van der Waals surface area contributed by atoms with Gasteiger partial charge < -0.3 is 14.1 Å². The molecular weight excluding hydrogens is 268 g/mol. The lowest BCUT2D eigenvalue weighted by Crippen LogP contribution is -2.48. The molecule has 21 heavy (non-hydrogen) atoms. The van der Waals surface area contributed by atoms with E-state index in [9.17, 15) is 4.79 Å². The third-order valence-electron chi connectivity index (χ3n) is 3.62. The van der Waals surface area contributed by atoms with Crippen LogP contribution in [-0.2, 0) is 21.4 Å². The largest absolute Gasteiger partial charge is 0.444 e. The van der Waals surface area contributed by atoms with Gasteiger partial charge in [-0.15, -0.1) is 0 Å². The second kappa shape index (κ2) is 5.79. The van der Waals surface area contributed by atoms with Crippen molar-refractivity contribution in [3.63, 3.8) is 0 Å². The fraction of sp³-hybridized carbons (Fsp3) is 0.750. The fourth-order valence-corrected chi connectivity index (χ4v) is 2.54. The van der Waals surface area contributed by atoms with Crippen molar-refractivity contribution in [2.45, 2.75) is 65.6 Å². The molecule has 0 bridgehead atoms. The van der Waals surface area contributed by atoms with Crippen molar-refractivity contribution < 1.29 is 13.9 Å². The molecule has 1 saturated heterocycles. The van der Waals surface area contributed by atoms with E-state index in [0.717, 1.165) is 5.69 Å². The standard InChI is InChI=1S/C16H26N2O3/c1-10-8-18(9-11(2)20-10)14(19)7-13-12(3)17-15(21-13)16(4,5)6/h10-11H,7-9H2,1-6H3. The maximum absolute atomic E-state index is 12.5. The number of nitrogens with zero attached hydrogens (tertiary/aromatic N) is 2. The van der Waals surface area contributed by atoms with Crippen molar-refractivity contribution in [3.8, 4) is 0 Å². The normalized spacial score (nSPS) is 23.4. The first-order valence-electron chi connectivity index (χ1n) is 7.57. The SMILES string of the molecule is Cc1nc(C(C)(C)C)oc1CC(=O)N1CC(C)OC(C)C1. The van der Waals surface area contributed by atoms with Crippen LogP contribution in [-0.4, -0.2) is 41.1 Å². The molecule has 0 aliphatic carbocycles. The number of aryl methyl sites for hydroxylation is 1. The molecule has 1 amide bonds. The molecule has 1 aliphatic heterocycles. The van der Waals surface area contributed by atoms with E-state index in [0.29, 0.717) is 24.7 Å². The number of carbonyl (C=O) groups is 1. The zero-order chi connectivity index (χ0) is 15.8. The number of hydrogen-bond acceptors (Lipinski definition) is 4. The summed E-state index contributed by atoms with van der Waals surface area (Å²) in [5, 5.41) is 0. The summed E-state index contributed by atoms with van der Waals surface area (Å²) < 4.78 is 11.5. The predicted octanol–water partition coefficient (Wildman–Crippen LogP) is 2.46. The average Bonchev–Trinajstić information content (AvgIpc) is 2.69. The molecule has 1 aromatic rings. The summed E-state index contributed by atoms with van der Waals surface area (Å²) >= 11 is 0. The van der Waals surface area contributed by atoms with Gasteiger partial charge in [0.05, 0.1) is 24.3 Å². The maximum atomic E-state index is 12.5. The Morgan fingerprint density at radius 3 is 2.33 bits per heavy atom. The van der Waals surface area contributed by atoms with Crippen molar-refractivity contribution in [2.75, 3.05) is 13.1 Å². The molecule has 1 aliphatic rings. The molecule has 0 saturated carbocycles. The van der Waals surface area contributed by atoms with E-state index in [1.54, 1.807) is 0 Å². The highest BCUT2D eigenvalue weighted by molar-refractivity contribution is 5.78. The van der Waals surface area contributed by atoms with Gasteiger partial charge in [-0.2, -0.15) is 0 Å². The summed E-state index contributed by atoms with van der Waals surface area (Å²) in [6.45, 7) is 13.3. The van der Waals surface area contributed by atoms with Gasteiger partial charge in [-0.3, -0.25) is 4.79 Å². The molecule has 2 atom stereocenters. The third-order valence-corrected chi connectivity index (χ3v) is 3.62. The number of carbonyl (C=O) groups excluding carboxylic acids is 1. The van der Waals surface area contributed by atoms with E-state index in [1.165, 1.54) is 0 Å². The number of hydrogen-bond donors (Lipinski definition) is 0. The molecule has 5 heteroatoms. The number of oxazole rings is 1. The molecule has 2 heterocycles. The first-order chi connectivity index (χ1) is 9.66. The van der Waals surface area contributed by atoms with Gasteiger partial charge in [0.2, 0.25) is 5.91 Å². The number of aromatic nitrogens is 1. The van der Waals surface area contributed by atoms with Crippen LogP contribution < -0.4 is 0 Å². The third kappa shape index (κ3) is 3.84. The Morgan fingerprint density at radius 2 is 1.86 bits per heavy atom. The van der Waals surface area contributed by atoms with Crippen molar-refractivity contribution in [3.05, 3.63) is 17.3 Å². The lowest BCUT2D eigenvalue weighted by atomic mass is 9.97. The van der Waals surface area contributed by atoms with Crippen LogP contribution in [0.15, 0.2) is 4.42 Å². The first-order valence-corrected chi connectivity index (χ1v) is 7.57. The summed E-state index contributed by atoms with van der Waals surface area (Å²) in [5.74, 6) is 1.44. The van der Waals surface area contributed by atoms with Crippen LogP contribution in [0.4, 0.5) is 0 Å². The number of rotatable bonds is 2. The summed E-state index contributed by atoms with van der Waals surface area (Å²) in [7, 11) is 0. The smallest absolute Gasteiger partial charge is 0.230 e. The highest BCUT2D eigenvalue weighted by atomic mass is 16.5.